The van der Waals surface area contributed by atoms with E-state index in [0.29, 0.717) is 42.6 Å². The maximum absolute atomic E-state index is 13.2. The number of piperazine rings is 1. The van der Waals surface area contributed by atoms with Crippen LogP contribution in [0, 0.1) is 10.1 Å². The molecular weight excluding hydrogens is 408 g/mol. The summed E-state index contributed by atoms with van der Waals surface area (Å²) in [6.45, 7) is 3.09. The van der Waals surface area contributed by atoms with Crippen molar-refractivity contribution in [1.82, 2.24) is 9.29 Å². The van der Waals surface area contributed by atoms with Gasteiger partial charge < -0.3 is 9.88 Å². The largest absolute Gasteiger partial charge is 0.369 e. The van der Waals surface area contributed by atoms with E-state index in [1.165, 1.54) is 35.6 Å². The summed E-state index contributed by atoms with van der Waals surface area (Å²) < 4.78 is 27.8. The van der Waals surface area contributed by atoms with Crippen molar-refractivity contribution < 1.29 is 18.1 Å². The summed E-state index contributed by atoms with van der Waals surface area (Å²) in [6, 6.07) is 11.4. The van der Waals surface area contributed by atoms with Crippen LogP contribution in [0.2, 0.25) is 0 Å². The molecule has 0 amide bonds. The normalized spacial score (nSPS) is 15.4. The fraction of sp³-hybridized carbons (Fsp3) is 0.250. The first-order chi connectivity index (χ1) is 14.3. The Morgan fingerprint density at radius 3 is 2.33 bits per heavy atom. The summed E-state index contributed by atoms with van der Waals surface area (Å²) in [5.74, 6) is -0.00331. The topological polar surface area (TPSA) is 117 Å². The van der Waals surface area contributed by atoms with Crippen molar-refractivity contribution in [1.29, 1.82) is 0 Å². The Balaban J connectivity index is 1.54. The zero-order valence-corrected chi connectivity index (χ0v) is 17.1. The van der Waals surface area contributed by atoms with Crippen molar-refractivity contribution in [3.8, 4) is 0 Å². The molecule has 0 spiro atoms. The van der Waals surface area contributed by atoms with E-state index in [2.05, 4.69) is 9.88 Å². The fourth-order valence-corrected chi connectivity index (χ4v) is 5.22. The fourth-order valence-electron chi connectivity index (χ4n) is 3.64. The number of fused-ring (bicyclic) bond motifs is 1. The smallest absolute Gasteiger partial charge is 0.270 e. The number of Topliss-reactive ketones (excluding diaryl/α,β-unsaturated/α-hetero) is 1. The van der Waals surface area contributed by atoms with Crippen LogP contribution in [0.25, 0.3) is 10.9 Å². The summed E-state index contributed by atoms with van der Waals surface area (Å²) in [7, 11) is -3.80. The number of non-ortho nitro benzene ring substituents is 1. The van der Waals surface area contributed by atoms with Gasteiger partial charge in [0, 0.05) is 66.7 Å². The van der Waals surface area contributed by atoms with Gasteiger partial charge in [0.1, 0.15) is 4.90 Å². The molecule has 0 aliphatic carbocycles. The van der Waals surface area contributed by atoms with Gasteiger partial charge in [0.05, 0.1) is 4.92 Å². The number of ketones is 1. The van der Waals surface area contributed by atoms with Crippen molar-refractivity contribution in [2.45, 2.75) is 11.8 Å². The van der Waals surface area contributed by atoms with Gasteiger partial charge in [-0.1, -0.05) is 0 Å². The first kappa shape index (κ1) is 20.0. The van der Waals surface area contributed by atoms with Crippen LogP contribution in [0.3, 0.4) is 0 Å². The number of nitro benzene ring substituents is 1. The summed E-state index contributed by atoms with van der Waals surface area (Å²) in [4.78, 5) is 26.9. The predicted molar refractivity (Wildman–Crippen MR) is 112 cm³/mol. The molecule has 4 rings (SSSR count). The highest BCUT2D eigenvalue weighted by molar-refractivity contribution is 7.89. The third-order valence-corrected chi connectivity index (χ3v) is 7.27. The molecule has 2 aromatic carbocycles. The lowest BCUT2D eigenvalue weighted by atomic mass is 10.1. The number of carbonyl (C=O) groups is 1. The van der Waals surface area contributed by atoms with E-state index in [-0.39, 0.29) is 16.4 Å². The molecule has 3 aromatic rings. The Labute approximate surface area is 173 Å². The van der Waals surface area contributed by atoms with Crippen LogP contribution in [0.5, 0.6) is 0 Å². The highest BCUT2D eigenvalue weighted by atomic mass is 32.2. The number of aromatic amines is 1. The van der Waals surface area contributed by atoms with Crippen molar-refractivity contribution in [3.63, 3.8) is 0 Å². The van der Waals surface area contributed by atoms with Crippen molar-refractivity contribution >= 4 is 38.1 Å². The molecule has 9 nitrogen and oxygen atoms in total. The number of aromatic nitrogens is 1. The molecule has 10 heteroatoms. The van der Waals surface area contributed by atoms with Gasteiger partial charge >= 0.3 is 0 Å². The first-order valence-electron chi connectivity index (χ1n) is 9.39. The molecule has 0 saturated carbocycles. The number of rotatable bonds is 5. The molecule has 1 fully saturated rings. The number of nitro groups is 1. The predicted octanol–water partition coefficient (Wildman–Crippen LogP) is 2.79. The number of hydrogen-bond acceptors (Lipinski definition) is 6. The van der Waals surface area contributed by atoms with E-state index in [9.17, 15) is 23.3 Å². The Hall–Kier alpha value is -3.24. The van der Waals surface area contributed by atoms with Crippen LogP contribution >= 0.6 is 0 Å². The average molecular weight is 428 g/mol. The minimum Gasteiger partial charge on any atom is -0.369 e. The number of anilines is 1. The number of nitrogens with zero attached hydrogens (tertiary/aromatic N) is 3. The van der Waals surface area contributed by atoms with E-state index in [1.807, 2.05) is 12.1 Å². The summed E-state index contributed by atoms with van der Waals surface area (Å²) in [5.41, 5.74) is 1.94. The molecule has 156 valence electrons. The van der Waals surface area contributed by atoms with Gasteiger partial charge in [-0.05, 0) is 37.3 Å². The van der Waals surface area contributed by atoms with Gasteiger partial charge in [0.15, 0.2) is 5.78 Å². The van der Waals surface area contributed by atoms with Crippen LogP contribution in [-0.2, 0) is 10.0 Å². The molecule has 0 atom stereocenters. The van der Waals surface area contributed by atoms with E-state index in [4.69, 9.17) is 0 Å². The van der Waals surface area contributed by atoms with Crippen LogP contribution < -0.4 is 4.90 Å². The van der Waals surface area contributed by atoms with E-state index in [0.717, 1.165) is 5.69 Å². The Kier molecular flexibility index (Phi) is 5.04. The number of hydrogen-bond donors (Lipinski definition) is 1. The minimum atomic E-state index is -3.80. The van der Waals surface area contributed by atoms with Crippen molar-refractivity contribution in [2.24, 2.45) is 0 Å². The number of sulfonamides is 1. The van der Waals surface area contributed by atoms with E-state index >= 15 is 0 Å². The molecule has 0 radical (unpaired) electrons. The highest BCUT2D eigenvalue weighted by Gasteiger charge is 2.31. The van der Waals surface area contributed by atoms with Crippen molar-refractivity contribution in [3.05, 3.63) is 64.3 Å². The summed E-state index contributed by atoms with van der Waals surface area (Å²) >= 11 is 0. The summed E-state index contributed by atoms with van der Waals surface area (Å²) in [6.07, 6.45) is 1.39. The molecule has 0 unspecified atom stereocenters. The number of carbonyl (C=O) groups excluding carboxylic acids is 1. The molecule has 0 bridgehead atoms. The molecule has 1 aliphatic rings. The highest BCUT2D eigenvalue weighted by Crippen LogP contribution is 2.30. The second-order valence-corrected chi connectivity index (χ2v) is 9.04. The minimum absolute atomic E-state index is 0.00331. The lowest BCUT2D eigenvalue weighted by molar-refractivity contribution is -0.384. The van der Waals surface area contributed by atoms with Gasteiger partial charge in [-0.3, -0.25) is 14.9 Å². The van der Waals surface area contributed by atoms with E-state index in [1.54, 1.807) is 12.1 Å². The number of nitrogens with one attached hydrogen (secondary N) is 1. The number of benzene rings is 2. The molecule has 1 aromatic heterocycles. The van der Waals surface area contributed by atoms with Crippen LogP contribution in [0.4, 0.5) is 11.4 Å². The van der Waals surface area contributed by atoms with Gasteiger partial charge in [0.2, 0.25) is 10.0 Å². The second kappa shape index (κ2) is 7.54. The zero-order valence-electron chi connectivity index (χ0n) is 16.2. The third kappa shape index (κ3) is 3.55. The third-order valence-electron chi connectivity index (χ3n) is 5.33. The zero-order chi connectivity index (χ0) is 21.5. The average Bonchev–Trinajstić information content (AvgIpc) is 3.18. The molecule has 1 N–H and O–H groups in total. The van der Waals surface area contributed by atoms with Gasteiger partial charge in [-0.2, -0.15) is 4.31 Å². The molecule has 1 saturated heterocycles. The maximum Gasteiger partial charge on any atom is 0.270 e. The molecule has 30 heavy (non-hydrogen) atoms. The Bertz CT molecular complexity index is 1230. The number of H-pyrrole nitrogens is 1. The van der Waals surface area contributed by atoms with Crippen LogP contribution in [-0.4, -0.2) is 54.6 Å². The van der Waals surface area contributed by atoms with E-state index < -0.39 is 14.9 Å². The van der Waals surface area contributed by atoms with Crippen LogP contribution in [0.15, 0.2) is 53.6 Å². The van der Waals surface area contributed by atoms with Crippen LogP contribution in [0.1, 0.15) is 17.3 Å². The Morgan fingerprint density at radius 2 is 1.73 bits per heavy atom. The summed E-state index contributed by atoms with van der Waals surface area (Å²) in [5, 5.41) is 11.4. The quantitative estimate of drug-likeness (QED) is 0.379. The monoisotopic (exact) mass is 428 g/mol. The van der Waals surface area contributed by atoms with Crippen molar-refractivity contribution in [2.75, 3.05) is 31.1 Å². The standard InChI is InChI=1S/C20H20N4O5S/c1-14(25)15-2-4-16(5-3-15)22-8-10-23(11-9-22)30(28,29)20-13-21-19-7-6-17(24(26)27)12-18(19)20/h2-7,12-13,21H,8-11H2,1H3. The second-order valence-electron chi connectivity index (χ2n) is 7.13. The van der Waals surface area contributed by atoms with Gasteiger partial charge in [0.25, 0.3) is 5.69 Å². The Morgan fingerprint density at radius 1 is 1.07 bits per heavy atom. The van der Waals surface area contributed by atoms with Gasteiger partial charge in [-0.25, -0.2) is 8.42 Å². The lowest BCUT2D eigenvalue weighted by Gasteiger charge is -2.35. The SMILES string of the molecule is CC(=O)c1ccc(N2CCN(S(=O)(=O)c3c[nH]c4ccc([N+](=O)[O-])cc34)CC2)cc1. The van der Waals surface area contributed by atoms with Gasteiger partial charge in [-0.15, -0.1) is 0 Å². The lowest BCUT2D eigenvalue weighted by Crippen LogP contribution is -2.48. The maximum atomic E-state index is 13.2. The first-order valence-corrected chi connectivity index (χ1v) is 10.8. The molecule has 2 heterocycles. The molecule has 1 aliphatic heterocycles. The molecular formula is C20H20N4O5S.